The number of hydrogen-bond donors (Lipinski definition) is 1. The van der Waals surface area contributed by atoms with Gasteiger partial charge < -0.3 is 19.4 Å². The molecule has 0 unspecified atom stereocenters. The molecule has 0 radical (unpaired) electrons. The van der Waals surface area contributed by atoms with Gasteiger partial charge in [0, 0.05) is 35.4 Å². The Morgan fingerprint density at radius 3 is 2.61 bits per heavy atom. The Bertz CT molecular complexity index is 1120. The number of nitrogens with zero attached hydrogens (tertiary/aromatic N) is 1. The summed E-state index contributed by atoms with van der Waals surface area (Å²) in [5.74, 6) is 1.38. The van der Waals surface area contributed by atoms with Crippen LogP contribution in [0.4, 0.5) is 4.79 Å². The maximum atomic E-state index is 11.9. The first-order valence-electron chi connectivity index (χ1n) is 8.62. The minimum atomic E-state index is -0.338. The molecule has 3 aromatic rings. The van der Waals surface area contributed by atoms with Crippen molar-refractivity contribution < 1.29 is 19.1 Å². The van der Waals surface area contributed by atoms with E-state index in [0.717, 1.165) is 22.0 Å². The quantitative estimate of drug-likeness (QED) is 0.662. The monoisotopic (exact) mass is 394 g/mol. The van der Waals surface area contributed by atoms with Crippen molar-refractivity contribution in [2.24, 2.45) is 0 Å². The fourth-order valence-electron chi connectivity index (χ4n) is 3.26. The highest BCUT2D eigenvalue weighted by molar-refractivity contribution is 8.27. The Hall–Kier alpha value is -3.19. The van der Waals surface area contributed by atoms with Gasteiger partial charge in [-0.1, -0.05) is 18.2 Å². The summed E-state index contributed by atoms with van der Waals surface area (Å²) in [7, 11) is 3.23. The minimum Gasteiger partial charge on any atom is -0.493 e. The van der Waals surface area contributed by atoms with E-state index in [1.54, 1.807) is 20.3 Å². The fraction of sp³-hybridized carbons (Fsp3) is 0.143. The number of benzene rings is 2. The van der Waals surface area contributed by atoms with Crippen LogP contribution >= 0.6 is 11.8 Å². The molecular formula is C21H18N2O4S. The van der Waals surface area contributed by atoms with E-state index < -0.39 is 0 Å². The highest BCUT2D eigenvalue weighted by Gasteiger charge is 2.25. The van der Waals surface area contributed by atoms with Crippen LogP contribution in [0.2, 0.25) is 0 Å². The van der Waals surface area contributed by atoms with E-state index in [2.05, 4.69) is 9.88 Å². The van der Waals surface area contributed by atoms with E-state index in [9.17, 15) is 9.59 Å². The Labute approximate surface area is 166 Å². The van der Waals surface area contributed by atoms with E-state index in [0.29, 0.717) is 35.5 Å². The van der Waals surface area contributed by atoms with Crippen LogP contribution in [0.1, 0.15) is 11.1 Å². The molecule has 1 aliphatic rings. The largest absolute Gasteiger partial charge is 0.493 e. The third-order valence-electron chi connectivity index (χ3n) is 4.59. The number of hydrogen-bond acceptors (Lipinski definition) is 5. The summed E-state index contributed by atoms with van der Waals surface area (Å²) in [6.45, 7) is 0.662. The van der Waals surface area contributed by atoms with Crippen LogP contribution in [0.25, 0.3) is 17.0 Å². The van der Waals surface area contributed by atoms with Crippen LogP contribution in [0.15, 0.2) is 54.4 Å². The van der Waals surface area contributed by atoms with Crippen LogP contribution in [0.3, 0.4) is 0 Å². The first-order chi connectivity index (χ1) is 13.6. The molecule has 6 nitrogen and oxygen atoms in total. The van der Waals surface area contributed by atoms with Crippen molar-refractivity contribution in [3.8, 4) is 11.5 Å². The molecule has 2 heterocycles. The second-order valence-corrected chi connectivity index (χ2v) is 7.22. The number of ether oxygens (including phenoxy) is 2. The maximum Gasteiger partial charge on any atom is 0.291 e. The van der Waals surface area contributed by atoms with Crippen molar-refractivity contribution in [3.63, 3.8) is 0 Å². The van der Waals surface area contributed by atoms with E-state index in [4.69, 9.17) is 9.47 Å². The normalized spacial score (nSPS) is 15.3. The summed E-state index contributed by atoms with van der Waals surface area (Å²) in [5.41, 5.74) is 3.31. The molecule has 1 fully saturated rings. The van der Waals surface area contributed by atoms with Crippen LogP contribution in [-0.4, -0.2) is 29.1 Å². The van der Waals surface area contributed by atoms with Crippen molar-refractivity contribution in [1.29, 1.82) is 0 Å². The van der Waals surface area contributed by atoms with Gasteiger partial charge in [-0.05, 0) is 41.5 Å². The topological polar surface area (TPSA) is 69.6 Å². The predicted octanol–water partition coefficient (Wildman–Crippen LogP) is 4.03. The van der Waals surface area contributed by atoms with E-state index in [1.165, 1.54) is 0 Å². The average Bonchev–Trinajstić information content (AvgIpc) is 3.25. The van der Waals surface area contributed by atoms with Crippen molar-refractivity contribution in [1.82, 2.24) is 9.88 Å². The standard InChI is InChI=1S/C21H18N2O4S/c1-26-18-7-6-13(10-19(18)27-2)12-23-9-8-15-14(4-3-5-17(15)23)11-16-20(24)28-21(25)22-16/h3-11H,12H2,1-2H3,(H,22,25). The summed E-state index contributed by atoms with van der Waals surface area (Å²) < 4.78 is 12.8. The van der Waals surface area contributed by atoms with Gasteiger partial charge in [0.15, 0.2) is 11.5 Å². The molecule has 0 spiro atoms. The third-order valence-corrected chi connectivity index (χ3v) is 5.28. The molecule has 0 bridgehead atoms. The fourth-order valence-corrected chi connectivity index (χ4v) is 3.81. The van der Waals surface area contributed by atoms with Gasteiger partial charge in [-0.25, -0.2) is 0 Å². The second-order valence-electron chi connectivity index (χ2n) is 6.27. The van der Waals surface area contributed by atoms with Gasteiger partial charge in [-0.15, -0.1) is 0 Å². The highest BCUT2D eigenvalue weighted by atomic mass is 32.2. The predicted molar refractivity (Wildman–Crippen MR) is 110 cm³/mol. The third kappa shape index (κ3) is 3.36. The molecule has 0 saturated carbocycles. The van der Waals surface area contributed by atoms with Crippen molar-refractivity contribution in [3.05, 3.63) is 65.5 Å². The number of thioether (sulfide) groups is 1. The van der Waals surface area contributed by atoms with Crippen LogP contribution in [0, 0.1) is 0 Å². The summed E-state index contributed by atoms with van der Waals surface area (Å²) >= 11 is 0.682. The van der Waals surface area contributed by atoms with E-state index >= 15 is 0 Å². The lowest BCUT2D eigenvalue weighted by Gasteiger charge is -2.11. The smallest absolute Gasteiger partial charge is 0.291 e. The molecule has 1 amide bonds. The Morgan fingerprint density at radius 1 is 1.07 bits per heavy atom. The van der Waals surface area contributed by atoms with Crippen LogP contribution < -0.4 is 14.8 Å². The van der Waals surface area contributed by atoms with E-state index in [-0.39, 0.29) is 10.4 Å². The highest BCUT2D eigenvalue weighted by Crippen LogP contribution is 2.29. The molecule has 28 heavy (non-hydrogen) atoms. The maximum absolute atomic E-state index is 11.9. The molecule has 7 heteroatoms. The number of methoxy groups -OCH3 is 2. The summed E-state index contributed by atoms with van der Waals surface area (Å²) in [5, 5.41) is 3.00. The van der Waals surface area contributed by atoms with Gasteiger partial charge >= 0.3 is 0 Å². The molecule has 2 aromatic carbocycles. The van der Waals surface area contributed by atoms with Crippen molar-refractivity contribution in [2.45, 2.75) is 6.54 Å². The number of aromatic nitrogens is 1. The lowest BCUT2D eigenvalue weighted by atomic mass is 10.1. The molecule has 1 aromatic heterocycles. The SMILES string of the molecule is COc1ccc(Cn2ccc3c(C=C4NC(=O)SC4=O)cccc32)cc1OC. The first kappa shape index (κ1) is 18.2. The second kappa shape index (κ2) is 7.44. The molecule has 1 saturated heterocycles. The average molecular weight is 394 g/mol. The van der Waals surface area contributed by atoms with Crippen LogP contribution in [-0.2, 0) is 11.3 Å². The molecule has 142 valence electrons. The molecule has 1 aliphatic heterocycles. The minimum absolute atomic E-state index is 0.258. The van der Waals surface area contributed by atoms with Gasteiger partial charge in [-0.3, -0.25) is 9.59 Å². The summed E-state index contributed by atoms with van der Waals surface area (Å²) in [4.78, 5) is 23.3. The lowest BCUT2D eigenvalue weighted by Crippen LogP contribution is -2.10. The zero-order chi connectivity index (χ0) is 19.7. The number of amides is 1. The number of carbonyl (C=O) groups is 2. The van der Waals surface area contributed by atoms with Gasteiger partial charge in [0.1, 0.15) is 0 Å². The lowest BCUT2D eigenvalue weighted by molar-refractivity contribution is -0.107. The van der Waals surface area contributed by atoms with Gasteiger partial charge in [0.25, 0.3) is 5.24 Å². The van der Waals surface area contributed by atoms with Crippen molar-refractivity contribution >= 4 is 39.1 Å². The summed E-state index contributed by atoms with van der Waals surface area (Å²) in [6.07, 6.45) is 3.73. The van der Waals surface area contributed by atoms with E-state index in [1.807, 2.05) is 48.7 Å². The molecule has 4 rings (SSSR count). The Balaban J connectivity index is 1.68. The molecule has 0 aliphatic carbocycles. The molecule has 0 atom stereocenters. The number of rotatable bonds is 5. The van der Waals surface area contributed by atoms with Crippen molar-refractivity contribution in [2.75, 3.05) is 14.2 Å². The molecule has 1 N–H and O–H groups in total. The summed E-state index contributed by atoms with van der Waals surface area (Å²) in [6, 6.07) is 13.8. The zero-order valence-electron chi connectivity index (χ0n) is 15.4. The Kier molecular flexibility index (Phi) is 4.83. The van der Waals surface area contributed by atoms with Gasteiger partial charge in [0.05, 0.1) is 19.9 Å². The zero-order valence-corrected chi connectivity index (χ0v) is 16.2. The number of fused-ring (bicyclic) bond motifs is 1. The number of nitrogens with one attached hydrogen (secondary N) is 1. The van der Waals surface area contributed by atoms with Gasteiger partial charge in [-0.2, -0.15) is 0 Å². The molecular weight excluding hydrogens is 376 g/mol. The van der Waals surface area contributed by atoms with Gasteiger partial charge in [0.2, 0.25) is 5.12 Å². The number of carbonyl (C=O) groups excluding carboxylic acids is 2. The first-order valence-corrected chi connectivity index (χ1v) is 9.44. The van der Waals surface area contributed by atoms with Crippen LogP contribution in [0.5, 0.6) is 11.5 Å². The Morgan fingerprint density at radius 2 is 1.89 bits per heavy atom.